The first kappa shape index (κ1) is 15.5. The molecule has 0 saturated carbocycles. The molecular formula is C14H19N3O3S. The molecule has 0 amide bonds. The van der Waals surface area contributed by atoms with Crippen molar-refractivity contribution in [2.75, 3.05) is 11.9 Å². The first-order valence-corrected chi connectivity index (χ1v) is 8.24. The highest BCUT2D eigenvalue weighted by atomic mass is 32.2. The molecule has 2 heterocycles. The van der Waals surface area contributed by atoms with Gasteiger partial charge in [-0.25, -0.2) is 18.1 Å². The summed E-state index contributed by atoms with van der Waals surface area (Å²) in [6.07, 6.45) is 2.32. The zero-order valence-corrected chi connectivity index (χ0v) is 12.9. The number of furan rings is 1. The Kier molecular flexibility index (Phi) is 4.98. The zero-order valence-electron chi connectivity index (χ0n) is 12.1. The summed E-state index contributed by atoms with van der Waals surface area (Å²) in [6.45, 7) is 4.78. The molecule has 0 aromatic carbocycles. The van der Waals surface area contributed by atoms with Gasteiger partial charge in [-0.1, -0.05) is 6.92 Å². The molecule has 7 heteroatoms. The standard InChI is InChI=1S/C14H19N3O3S/c1-3-8-15-14-7-6-13(10-16-14)21(18,19)17-9-12-5-4-11(2)20-12/h4-7,10,17H,3,8-9H2,1-2H3,(H,15,16). The minimum Gasteiger partial charge on any atom is -0.465 e. The van der Waals surface area contributed by atoms with Crippen molar-refractivity contribution in [3.8, 4) is 0 Å². The highest BCUT2D eigenvalue weighted by Gasteiger charge is 2.15. The van der Waals surface area contributed by atoms with Crippen LogP contribution in [-0.2, 0) is 16.6 Å². The zero-order chi connectivity index (χ0) is 15.3. The first-order chi connectivity index (χ1) is 10.0. The van der Waals surface area contributed by atoms with Crippen LogP contribution in [0.3, 0.4) is 0 Å². The van der Waals surface area contributed by atoms with Crippen LogP contribution in [0.15, 0.2) is 39.8 Å². The van der Waals surface area contributed by atoms with E-state index in [2.05, 4.69) is 15.0 Å². The number of sulfonamides is 1. The van der Waals surface area contributed by atoms with Crippen LogP contribution in [0.4, 0.5) is 5.82 Å². The average molecular weight is 309 g/mol. The number of nitrogens with zero attached hydrogens (tertiary/aromatic N) is 1. The van der Waals surface area contributed by atoms with Crippen molar-refractivity contribution in [1.82, 2.24) is 9.71 Å². The molecular weight excluding hydrogens is 290 g/mol. The predicted molar refractivity (Wildman–Crippen MR) is 80.5 cm³/mol. The summed E-state index contributed by atoms with van der Waals surface area (Å²) in [4.78, 5) is 4.22. The largest absolute Gasteiger partial charge is 0.465 e. The van der Waals surface area contributed by atoms with Crippen molar-refractivity contribution in [2.45, 2.75) is 31.7 Å². The number of anilines is 1. The van der Waals surface area contributed by atoms with E-state index in [1.807, 2.05) is 13.8 Å². The van der Waals surface area contributed by atoms with Crippen LogP contribution in [0, 0.1) is 6.92 Å². The van der Waals surface area contributed by atoms with Gasteiger partial charge in [0.15, 0.2) is 0 Å². The average Bonchev–Trinajstić information content (AvgIpc) is 2.89. The Labute approximate surface area is 124 Å². The number of hydrogen-bond acceptors (Lipinski definition) is 5. The van der Waals surface area contributed by atoms with E-state index in [9.17, 15) is 8.42 Å². The molecule has 0 unspecified atom stereocenters. The molecule has 0 fully saturated rings. The maximum absolute atomic E-state index is 12.1. The van der Waals surface area contributed by atoms with E-state index in [0.717, 1.165) is 18.7 Å². The van der Waals surface area contributed by atoms with Gasteiger partial charge in [0.1, 0.15) is 22.2 Å². The first-order valence-electron chi connectivity index (χ1n) is 6.76. The molecule has 2 aromatic rings. The summed E-state index contributed by atoms with van der Waals surface area (Å²) in [5, 5.41) is 3.09. The second-order valence-corrected chi connectivity index (χ2v) is 6.41. The molecule has 114 valence electrons. The van der Waals surface area contributed by atoms with Gasteiger partial charge in [-0.2, -0.15) is 0 Å². The summed E-state index contributed by atoms with van der Waals surface area (Å²) >= 11 is 0. The fraction of sp³-hybridized carbons (Fsp3) is 0.357. The predicted octanol–water partition coefficient (Wildman–Crippen LogP) is 2.28. The third-order valence-corrected chi connectivity index (χ3v) is 4.22. The van der Waals surface area contributed by atoms with Gasteiger partial charge in [0, 0.05) is 12.7 Å². The molecule has 21 heavy (non-hydrogen) atoms. The lowest BCUT2D eigenvalue weighted by molar-refractivity contribution is 0.475. The van der Waals surface area contributed by atoms with E-state index in [1.165, 1.54) is 12.3 Å². The summed E-state index contributed by atoms with van der Waals surface area (Å²) in [7, 11) is -3.59. The van der Waals surface area contributed by atoms with Gasteiger partial charge in [-0.3, -0.25) is 0 Å². The lowest BCUT2D eigenvalue weighted by atomic mass is 10.4. The van der Waals surface area contributed by atoms with Crippen molar-refractivity contribution in [3.63, 3.8) is 0 Å². The maximum atomic E-state index is 12.1. The Bertz CT molecular complexity index is 678. The molecule has 0 spiro atoms. The third-order valence-electron chi connectivity index (χ3n) is 2.84. The topological polar surface area (TPSA) is 84.2 Å². The Morgan fingerprint density at radius 2 is 2.05 bits per heavy atom. The van der Waals surface area contributed by atoms with Crippen molar-refractivity contribution < 1.29 is 12.8 Å². The fourth-order valence-electron chi connectivity index (χ4n) is 1.73. The van der Waals surface area contributed by atoms with E-state index in [-0.39, 0.29) is 11.4 Å². The van der Waals surface area contributed by atoms with E-state index >= 15 is 0 Å². The van der Waals surface area contributed by atoms with Crippen molar-refractivity contribution in [2.24, 2.45) is 0 Å². The normalized spacial score (nSPS) is 11.5. The third kappa shape index (κ3) is 4.30. The second-order valence-electron chi connectivity index (χ2n) is 4.64. The SMILES string of the molecule is CCCNc1ccc(S(=O)(=O)NCc2ccc(C)o2)cn1. The molecule has 0 aliphatic carbocycles. The molecule has 2 N–H and O–H groups in total. The quantitative estimate of drug-likeness (QED) is 0.819. The molecule has 0 aliphatic heterocycles. The van der Waals surface area contributed by atoms with E-state index in [1.54, 1.807) is 18.2 Å². The maximum Gasteiger partial charge on any atom is 0.242 e. The molecule has 0 saturated heterocycles. The smallest absolute Gasteiger partial charge is 0.242 e. The summed E-state index contributed by atoms with van der Waals surface area (Å²) in [5.41, 5.74) is 0. The monoisotopic (exact) mass is 309 g/mol. The van der Waals surface area contributed by atoms with Crippen molar-refractivity contribution in [3.05, 3.63) is 42.0 Å². The van der Waals surface area contributed by atoms with Gasteiger partial charge in [-0.15, -0.1) is 0 Å². The molecule has 0 atom stereocenters. The highest BCUT2D eigenvalue weighted by Crippen LogP contribution is 2.12. The van der Waals surface area contributed by atoms with Crippen LogP contribution < -0.4 is 10.0 Å². The number of aromatic nitrogens is 1. The van der Waals surface area contributed by atoms with Crippen LogP contribution in [0.25, 0.3) is 0 Å². The number of nitrogens with one attached hydrogen (secondary N) is 2. The van der Waals surface area contributed by atoms with Gasteiger partial charge in [-0.05, 0) is 37.6 Å². The Morgan fingerprint density at radius 1 is 1.24 bits per heavy atom. The number of rotatable bonds is 7. The fourth-order valence-corrected chi connectivity index (χ4v) is 2.66. The van der Waals surface area contributed by atoms with Crippen LogP contribution in [0.2, 0.25) is 0 Å². The van der Waals surface area contributed by atoms with E-state index in [0.29, 0.717) is 11.6 Å². The van der Waals surface area contributed by atoms with Gasteiger partial charge in [0.2, 0.25) is 10.0 Å². The number of hydrogen-bond donors (Lipinski definition) is 2. The Morgan fingerprint density at radius 3 is 2.62 bits per heavy atom. The lowest BCUT2D eigenvalue weighted by Gasteiger charge is -2.07. The van der Waals surface area contributed by atoms with Crippen LogP contribution in [-0.4, -0.2) is 19.9 Å². The molecule has 0 bridgehead atoms. The Balaban J connectivity index is 2.01. The van der Waals surface area contributed by atoms with Gasteiger partial charge in [0.25, 0.3) is 0 Å². The van der Waals surface area contributed by atoms with Gasteiger partial charge >= 0.3 is 0 Å². The number of pyridine rings is 1. The van der Waals surface area contributed by atoms with Gasteiger partial charge in [0.05, 0.1) is 6.54 Å². The van der Waals surface area contributed by atoms with Crippen LogP contribution >= 0.6 is 0 Å². The molecule has 6 nitrogen and oxygen atoms in total. The molecule has 0 aliphatic rings. The minimum atomic E-state index is -3.59. The summed E-state index contributed by atoms with van der Waals surface area (Å²) in [5.74, 6) is 1.99. The second kappa shape index (κ2) is 6.73. The lowest BCUT2D eigenvalue weighted by Crippen LogP contribution is -2.23. The molecule has 2 aromatic heterocycles. The van der Waals surface area contributed by atoms with E-state index < -0.39 is 10.0 Å². The highest BCUT2D eigenvalue weighted by molar-refractivity contribution is 7.89. The van der Waals surface area contributed by atoms with Crippen LogP contribution in [0.1, 0.15) is 24.9 Å². The summed E-state index contributed by atoms with van der Waals surface area (Å²) in [6, 6.07) is 6.72. The van der Waals surface area contributed by atoms with Gasteiger partial charge < -0.3 is 9.73 Å². The summed E-state index contributed by atoms with van der Waals surface area (Å²) < 4.78 is 32.1. The molecule has 0 radical (unpaired) electrons. The number of aryl methyl sites for hydroxylation is 1. The molecule has 2 rings (SSSR count). The van der Waals surface area contributed by atoms with Crippen molar-refractivity contribution >= 4 is 15.8 Å². The van der Waals surface area contributed by atoms with Crippen LogP contribution in [0.5, 0.6) is 0 Å². The van der Waals surface area contributed by atoms with Crippen molar-refractivity contribution in [1.29, 1.82) is 0 Å². The van der Waals surface area contributed by atoms with E-state index in [4.69, 9.17) is 4.42 Å². The Hall–Kier alpha value is -1.86. The minimum absolute atomic E-state index is 0.117.